The van der Waals surface area contributed by atoms with E-state index in [9.17, 15) is 5.26 Å². The molecule has 5 aromatic heterocycles. The maximum atomic E-state index is 11.0. The highest BCUT2D eigenvalue weighted by molar-refractivity contribution is 6.31. The smallest absolute Gasteiger partial charge is 0.238 e. The van der Waals surface area contributed by atoms with E-state index in [1.165, 1.54) is 5.39 Å². The third kappa shape index (κ3) is 5.11. The van der Waals surface area contributed by atoms with Crippen LogP contribution in [0.3, 0.4) is 0 Å². The Kier molecular flexibility index (Phi) is 7.59. The van der Waals surface area contributed by atoms with Crippen LogP contribution < -0.4 is 0 Å². The average Bonchev–Trinajstić information content (AvgIpc) is 4.13. The Morgan fingerprint density at radius 3 is 1.62 bits per heavy atom. The number of para-hydroxylation sites is 5. The molecule has 0 fully saturated rings. The summed E-state index contributed by atoms with van der Waals surface area (Å²) in [7, 11) is 0. The molecule has 8 nitrogen and oxygen atoms in total. The predicted molar refractivity (Wildman–Crippen MR) is 266 cm³/mol. The molecule has 0 unspecified atom stereocenters. The normalized spacial score (nSPS) is 11.9. The fraction of sp³-hybridized carbons (Fsp3) is 0. The third-order valence-electron chi connectivity index (χ3n) is 13.1. The molecule has 14 aromatic rings. The zero-order valence-electron chi connectivity index (χ0n) is 35.1. The van der Waals surface area contributed by atoms with Crippen molar-refractivity contribution in [1.82, 2.24) is 28.7 Å². The molecule has 5 heterocycles. The van der Waals surface area contributed by atoms with Gasteiger partial charge in [-0.25, -0.2) is 4.98 Å². The van der Waals surface area contributed by atoms with Gasteiger partial charge in [0.25, 0.3) is 0 Å². The van der Waals surface area contributed by atoms with Gasteiger partial charge in [-0.3, -0.25) is 4.57 Å². The Bertz CT molecular complexity index is 4310. The molecule has 14 rings (SSSR count). The predicted octanol–water partition coefficient (Wildman–Crippen LogP) is 14.3. The second kappa shape index (κ2) is 13.8. The highest BCUT2D eigenvalue weighted by atomic mass is 16.3. The first-order valence-electron chi connectivity index (χ1n) is 21.9. The van der Waals surface area contributed by atoms with Crippen molar-refractivity contribution >= 4 is 87.4 Å². The first-order valence-corrected chi connectivity index (χ1v) is 21.9. The van der Waals surface area contributed by atoms with Crippen molar-refractivity contribution in [2.45, 2.75) is 0 Å². The van der Waals surface area contributed by atoms with Crippen molar-refractivity contribution in [1.29, 1.82) is 5.26 Å². The standard InChI is InChI=1S/C58H33N7O/c59-34-37-33-36(57-60-56(35-15-3-1-4-16-35)61-58(62-57)65-45-23-11-7-19-39(45)40-20-8-12-24-46(40)65)27-29-44(37)64-48-26-14-10-22-42(48)53-50(64)30-28-43-54-51(66-55(43)53)32-31-49-52(54)41-21-9-13-25-47(41)63(49)38-17-5-2-6-18-38/h1-33H. The highest BCUT2D eigenvalue weighted by Gasteiger charge is 2.24. The van der Waals surface area contributed by atoms with Crippen LogP contribution in [0, 0.1) is 11.3 Å². The Labute approximate surface area is 376 Å². The minimum atomic E-state index is 0.468. The number of aromatic nitrogens is 6. The number of furan rings is 1. The number of hydrogen-bond donors (Lipinski definition) is 0. The van der Waals surface area contributed by atoms with E-state index in [-0.39, 0.29) is 0 Å². The van der Waals surface area contributed by atoms with Crippen molar-refractivity contribution in [2.24, 2.45) is 0 Å². The Morgan fingerprint density at radius 1 is 0.394 bits per heavy atom. The SMILES string of the molecule is N#Cc1cc(-c2nc(-c3ccccc3)nc(-n3c4ccccc4c4ccccc43)n2)ccc1-n1c2ccccc2c2c3oc4ccc5c(c6ccccc6n5-c5ccccc5)c4c3ccc21. The molecule has 0 atom stereocenters. The molecule has 0 amide bonds. The number of rotatable bonds is 5. The molecule has 9 aromatic carbocycles. The molecule has 0 aliphatic rings. The first kappa shape index (κ1) is 36.2. The van der Waals surface area contributed by atoms with E-state index in [0.717, 1.165) is 98.9 Å². The van der Waals surface area contributed by atoms with E-state index >= 15 is 0 Å². The molecular formula is C58H33N7O. The molecule has 0 saturated heterocycles. The van der Waals surface area contributed by atoms with E-state index in [1.807, 2.05) is 66.7 Å². The summed E-state index contributed by atoms with van der Waals surface area (Å²) >= 11 is 0. The topological polar surface area (TPSA) is 90.4 Å². The van der Waals surface area contributed by atoms with Gasteiger partial charge >= 0.3 is 0 Å². The number of nitrogens with zero attached hydrogens (tertiary/aromatic N) is 7. The van der Waals surface area contributed by atoms with Crippen molar-refractivity contribution in [3.8, 4) is 46.2 Å². The second-order valence-corrected chi connectivity index (χ2v) is 16.7. The van der Waals surface area contributed by atoms with Gasteiger partial charge in [-0.2, -0.15) is 15.2 Å². The van der Waals surface area contributed by atoms with Gasteiger partial charge in [0.1, 0.15) is 17.2 Å². The first-order chi connectivity index (χ1) is 32.7. The summed E-state index contributed by atoms with van der Waals surface area (Å²) < 4.78 is 13.6. The molecule has 0 radical (unpaired) electrons. The van der Waals surface area contributed by atoms with E-state index < -0.39 is 0 Å². The minimum Gasteiger partial charge on any atom is -0.455 e. The van der Waals surface area contributed by atoms with Gasteiger partial charge in [-0.1, -0.05) is 121 Å². The second-order valence-electron chi connectivity index (χ2n) is 16.7. The lowest BCUT2D eigenvalue weighted by molar-refractivity contribution is 0.673. The van der Waals surface area contributed by atoms with Crippen molar-refractivity contribution in [3.63, 3.8) is 0 Å². The van der Waals surface area contributed by atoms with Crippen LogP contribution in [-0.2, 0) is 0 Å². The van der Waals surface area contributed by atoms with Gasteiger partial charge < -0.3 is 13.6 Å². The van der Waals surface area contributed by atoms with Gasteiger partial charge in [-0.05, 0) is 78.9 Å². The maximum Gasteiger partial charge on any atom is 0.238 e. The zero-order valence-corrected chi connectivity index (χ0v) is 35.1. The Hall–Kier alpha value is -9.32. The molecular weight excluding hydrogens is 811 g/mol. The third-order valence-corrected chi connectivity index (χ3v) is 13.1. The monoisotopic (exact) mass is 843 g/mol. The van der Waals surface area contributed by atoms with Crippen molar-refractivity contribution < 1.29 is 4.42 Å². The number of fused-ring (bicyclic) bond motifs is 14. The molecule has 66 heavy (non-hydrogen) atoms. The largest absolute Gasteiger partial charge is 0.455 e. The Morgan fingerprint density at radius 2 is 0.939 bits per heavy atom. The lowest BCUT2D eigenvalue weighted by Crippen LogP contribution is -2.06. The summed E-state index contributed by atoms with van der Waals surface area (Å²) in [4.78, 5) is 15.3. The summed E-state index contributed by atoms with van der Waals surface area (Å²) in [6.07, 6.45) is 0. The van der Waals surface area contributed by atoms with Gasteiger partial charge in [0.05, 0.1) is 49.7 Å². The van der Waals surface area contributed by atoms with E-state index in [1.54, 1.807) is 0 Å². The van der Waals surface area contributed by atoms with Crippen LogP contribution in [0.4, 0.5) is 0 Å². The molecule has 0 saturated carbocycles. The van der Waals surface area contributed by atoms with Crippen LogP contribution in [0.2, 0.25) is 0 Å². The quantitative estimate of drug-likeness (QED) is 0.172. The lowest BCUT2D eigenvalue weighted by atomic mass is 10.0. The molecule has 0 aliphatic carbocycles. The van der Waals surface area contributed by atoms with E-state index in [2.05, 4.69) is 153 Å². The van der Waals surface area contributed by atoms with Gasteiger partial charge in [-0.15, -0.1) is 0 Å². The van der Waals surface area contributed by atoms with Crippen LogP contribution in [0.25, 0.3) is 127 Å². The summed E-state index contributed by atoms with van der Waals surface area (Å²) in [5, 5.41) is 19.7. The molecule has 0 aliphatic heterocycles. The molecule has 306 valence electrons. The number of benzene rings is 9. The number of hydrogen-bond acceptors (Lipinski definition) is 5. The highest BCUT2D eigenvalue weighted by Crippen LogP contribution is 2.45. The van der Waals surface area contributed by atoms with E-state index in [4.69, 9.17) is 19.4 Å². The maximum absolute atomic E-state index is 11.0. The van der Waals surface area contributed by atoms with E-state index in [0.29, 0.717) is 28.7 Å². The minimum absolute atomic E-state index is 0.468. The van der Waals surface area contributed by atoms with Crippen LogP contribution in [0.1, 0.15) is 5.56 Å². The van der Waals surface area contributed by atoms with Gasteiger partial charge in [0.15, 0.2) is 11.6 Å². The van der Waals surface area contributed by atoms with Crippen molar-refractivity contribution in [3.05, 3.63) is 206 Å². The van der Waals surface area contributed by atoms with Gasteiger partial charge in [0, 0.05) is 54.5 Å². The molecule has 0 N–H and O–H groups in total. The summed E-state index contributed by atoms with van der Waals surface area (Å²) in [5.41, 5.74) is 11.7. The van der Waals surface area contributed by atoms with Crippen LogP contribution in [-0.4, -0.2) is 28.7 Å². The average molecular weight is 844 g/mol. The molecule has 0 spiro atoms. The summed E-state index contributed by atoms with van der Waals surface area (Å²) in [5.74, 6) is 1.51. The zero-order chi connectivity index (χ0) is 43.5. The summed E-state index contributed by atoms with van der Waals surface area (Å²) in [6.45, 7) is 0. The van der Waals surface area contributed by atoms with Crippen molar-refractivity contribution in [2.75, 3.05) is 0 Å². The van der Waals surface area contributed by atoms with Crippen LogP contribution in [0.15, 0.2) is 205 Å². The van der Waals surface area contributed by atoms with Gasteiger partial charge in [0.2, 0.25) is 5.95 Å². The Balaban J connectivity index is 0.978. The molecule has 8 heteroatoms. The van der Waals surface area contributed by atoms with Crippen LogP contribution in [0.5, 0.6) is 0 Å². The fourth-order valence-corrected chi connectivity index (χ4v) is 10.4. The lowest BCUT2D eigenvalue weighted by Gasteiger charge is -2.13. The molecule has 0 bridgehead atoms. The summed E-state index contributed by atoms with van der Waals surface area (Å²) in [6, 6.07) is 71.2. The number of nitriles is 1. The van der Waals surface area contributed by atoms with Crippen LogP contribution >= 0.6 is 0 Å². The fourth-order valence-electron chi connectivity index (χ4n) is 10.4.